The summed E-state index contributed by atoms with van der Waals surface area (Å²) in [5.41, 5.74) is -1.41. The Morgan fingerprint density at radius 3 is 2.78 bits per heavy atom. The van der Waals surface area contributed by atoms with Crippen molar-refractivity contribution in [2.75, 3.05) is 13.1 Å². The van der Waals surface area contributed by atoms with Crippen LogP contribution in [0.4, 0.5) is 0 Å². The van der Waals surface area contributed by atoms with Gasteiger partial charge in [0, 0.05) is 35.9 Å². The second kappa shape index (κ2) is 7.00. The lowest BCUT2D eigenvalue weighted by molar-refractivity contribution is -0.0859. The second-order valence-corrected chi connectivity index (χ2v) is 9.51. The van der Waals surface area contributed by atoms with Gasteiger partial charge in [-0.2, -0.15) is 5.10 Å². The molecule has 0 amide bonds. The minimum Gasteiger partial charge on any atom is -0.364 e. The van der Waals surface area contributed by atoms with Crippen molar-refractivity contribution in [1.29, 1.82) is 0 Å². The Balaban J connectivity index is 1.54. The molecule has 4 rings (SSSR count). The Morgan fingerprint density at radius 1 is 1.26 bits per heavy atom. The smallest absolute Gasteiger partial charge is 0.332 e. The summed E-state index contributed by atoms with van der Waals surface area (Å²) >= 11 is 1.82. The standard InChI is InChI=1S/C19H26N4O3S/c1-13(2)8-23-18(25)17(24)22-12-19(26-10-16(22)20-23)6-7-21(11-19)9-15-5-4-14(3)27-15/h4-5,13H,6-12H2,1-3H3/t19-/m1/s1. The molecule has 27 heavy (non-hydrogen) atoms. The highest BCUT2D eigenvalue weighted by molar-refractivity contribution is 7.11. The van der Waals surface area contributed by atoms with Crippen molar-refractivity contribution in [1.82, 2.24) is 19.2 Å². The summed E-state index contributed by atoms with van der Waals surface area (Å²) in [5.74, 6) is 0.802. The maximum atomic E-state index is 12.7. The van der Waals surface area contributed by atoms with Crippen LogP contribution in [-0.4, -0.2) is 37.9 Å². The Kier molecular flexibility index (Phi) is 4.82. The second-order valence-electron chi connectivity index (χ2n) is 8.13. The maximum Gasteiger partial charge on any atom is 0.332 e. The number of hydrogen-bond acceptors (Lipinski definition) is 6. The third-order valence-electron chi connectivity index (χ3n) is 5.27. The summed E-state index contributed by atoms with van der Waals surface area (Å²) in [4.78, 5) is 30.1. The van der Waals surface area contributed by atoms with Gasteiger partial charge in [-0.1, -0.05) is 13.8 Å². The molecular weight excluding hydrogens is 364 g/mol. The molecule has 0 bridgehead atoms. The first kappa shape index (κ1) is 18.6. The van der Waals surface area contributed by atoms with Crippen molar-refractivity contribution in [2.45, 2.75) is 59.0 Å². The van der Waals surface area contributed by atoms with Gasteiger partial charge in [-0.15, -0.1) is 11.3 Å². The lowest BCUT2D eigenvalue weighted by Crippen LogP contribution is -2.53. The average Bonchev–Trinajstić information content (AvgIpc) is 3.20. The van der Waals surface area contributed by atoms with Crippen molar-refractivity contribution in [3.63, 3.8) is 0 Å². The van der Waals surface area contributed by atoms with Crippen molar-refractivity contribution < 1.29 is 4.74 Å². The summed E-state index contributed by atoms with van der Waals surface area (Å²) in [6, 6.07) is 4.32. The van der Waals surface area contributed by atoms with E-state index in [4.69, 9.17) is 4.74 Å². The Labute approximate surface area is 162 Å². The Bertz CT molecular complexity index is 961. The van der Waals surface area contributed by atoms with Gasteiger partial charge in [0.1, 0.15) is 12.2 Å². The lowest BCUT2D eigenvalue weighted by Gasteiger charge is -2.35. The number of likely N-dealkylation sites (tertiary alicyclic amines) is 1. The maximum absolute atomic E-state index is 12.7. The van der Waals surface area contributed by atoms with Crippen LogP contribution in [0.25, 0.3) is 0 Å². The normalized spacial score (nSPS) is 22.7. The summed E-state index contributed by atoms with van der Waals surface area (Å²) < 4.78 is 9.04. The van der Waals surface area contributed by atoms with Gasteiger partial charge in [0.05, 0.1) is 6.54 Å². The summed E-state index contributed by atoms with van der Waals surface area (Å²) in [6.07, 6.45) is 0.859. The van der Waals surface area contributed by atoms with Gasteiger partial charge in [-0.3, -0.25) is 19.1 Å². The fourth-order valence-corrected chi connectivity index (χ4v) is 4.91. The molecular formula is C19H26N4O3S. The first-order chi connectivity index (χ1) is 12.8. The molecule has 7 nitrogen and oxygen atoms in total. The minimum atomic E-state index is -0.534. The highest BCUT2D eigenvalue weighted by Crippen LogP contribution is 2.32. The number of thiophene rings is 1. The van der Waals surface area contributed by atoms with Gasteiger partial charge >= 0.3 is 11.1 Å². The van der Waals surface area contributed by atoms with Gasteiger partial charge in [0.2, 0.25) is 0 Å². The zero-order valence-corrected chi connectivity index (χ0v) is 16.9. The fraction of sp³-hybridized carbons (Fsp3) is 0.632. The van der Waals surface area contributed by atoms with E-state index in [0.717, 1.165) is 26.1 Å². The van der Waals surface area contributed by atoms with Crippen molar-refractivity contribution in [3.05, 3.63) is 48.4 Å². The van der Waals surface area contributed by atoms with Gasteiger partial charge < -0.3 is 4.74 Å². The van der Waals surface area contributed by atoms with Gasteiger partial charge in [0.15, 0.2) is 5.82 Å². The molecule has 0 N–H and O–H groups in total. The van der Waals surface area contributed by atoms with Crippen LogP contribution in [0.5, 0.6) is 0 Å². The molecule has 2 aromatic heterocycles. The van der Waals surface area contributed by atoms with Gasteiger partial charge in [0.25, 0.3) is 0 Å². The van der Waals surface area contributed by atoms with Gasteiger partial charge in [-0.05, 0) is 31.4 Å². The molecule has 0 aromatic carbocycles. The number of rotatable bonds is 4. The topological polar surface area (TPSA) is 69.4 Å². The minimum absolute atomic E-state index is 0.248. The van der Waals surface area contributed by atoms with Crippen LogP contribution in [0.1, 0.15) is 35.8 Å². The molecule has 2 aromatic rings. The van der Waals surface area contributed by atoms with E-state index in [2.05, 4.69) is 29.1 Å². The zero-order chi connectivity index (χ0) is 19.2. The summed E-state index contributed by atoms with van der Waals surface area (Å²) in [7, 11) is 0. The predicted octanol–water partition coefficient (Wildman–Crippen LogP) is 1.61. The van der Waals surface area contributed by atoms with E-state index in [1.807, 2.05) is 25.2 Å². The molecule has 0 saturated carbocycles. The molecule has 2 aliphatic heterocycles. The molecule has 0 radical (unpaired) electrons. The molecule has 1 fully saturated rings. The first-order valence-corrected chi connectivity index (χ1v) is 10.3. The van der Waals surface area contributed by atoms with E-state index < -0.39 is 16.7 Å². The highest BCUT2D eigenvalue weighted by atomic mass is 32.1. The number of fused-ring (bicyclic) bond motifs is 1. The van der Waals surface area contributed by atoms with Crippen LogP contribution < -0.4 is 11.1 Å². The van der Waals surface area contributed by atoms with E-state index in [-0.39, 0.29) is 12.5 Å². The number of ether oxygens (including phenoxy) is 1. The van der Waals surface area contributed by atoms with Crippen LogP contribution in [0.2, 0.25) is 0 Å². The largest absolute Gasteiger partial charge is 0.364 e. The third-order valence-corrected chi connectivity index (χ3v) is 6.26. The molecule has 2 aliphatic rings. The van der Waals surface area contributed by atoms with Crippen molar-refractivity contribution in [2.24, 2.45) is 5.92 Å². The molecule has 4 heterocycles. The molecule has 1 spiro atoms. The van der Waals surface area contributed by atoms with E-state index in [9.17, 15) is 9.59 Å². The fourth-order valence-electron chi connectivity index (χ4n) is 3.97. The van der Waals surface area contributed by atoms with Crippen molar-refractivity contribution in [3.8, 4) is 0 Å². The van der Waals surface area contributed by atoms with Crippen LogP contribution in [-0.2, 0) is 31.0 Å². The number of nitrogens with zero attached hydrogens (tertiary/aromatic N) is 4. The lowest BCUT2D eigenvalue weighted by atomic mass is 10.0. The molecule has 0 unspecified atom stereocenters. The average molecular weight is 391 g/mol. The quantitative estimate of drug-likeness (QED) is 0.742. The summed E-state index contributed by atoms with van der Waals surface area (Å²) in [6.45, 7) is 9.85. The molecule has 146 valence electrons. The first-order valence-electron chi connectivity index (χ1n) is 9.48. The SMILES string of the molecule is Cc1ccc(CN2CC[C@@]3(C2)Cn2c(nn(CC(C)C)c(=O)c2=O)CO3)s1. The van der Waals surface area contributed by atoms with Crippen LogP contribution >= 0.6 is 11.3 Å². The third kappa shape index (κ3) is 3.66. The molecule has 0 aliphatic carbocycles. The van der Waals surface area contributed by atoms with Crippen LogP contribution in [0.3, 0.4) is 0 Å². The van der Waals surface area contributed by atoms with E-state index >= 15 is 0 Å². The highest BCUT2D eigenvalue weighted by Gasteiger charge is 2.43. The van der Waals surface area contributed by atoms with Crippen LogP contribution in [0.15, 0.2) is 21.7 Å². The molecule has 1 saturated heterocycles. The molecule has 8 heteroatoms. The predicted molar refractivity (Wildman–Crippen MR) is 104 cm³/mol. The number of aryl methyl sites for hydroxylation is 1. The zero-order valence-electron chi connectivity index (χ0n) is 16.1. The summed E-state index contributed by atoms with van der Waals surface area (Å²) in [5, 5.41) is 4.39. The van der Waals surface area contributed by atoms with Crippen LogP contribution in [0, 0.1) is 12.8 Å². The monoisotopic (exact) mass is 390 g/mol. The Morgan fingerprint density at radius 2 is 2.07 bits per heavy atom. The van der Waals surface area contributed by atoms with Gasteiger partial charge in [-0.25, -0.2) is 4.68 Å². The number of aromatic nitrogens is 3. The number of hydrogen-bond donors (Lipinski definition) is 0. The Hall–Kier alpha value is -1.77. The van der Waals surface area contributed by atoms with E-state index in [1.54, 1.807) is 4.57 Å². The van der Waals surface area contributed by atoms with Crippen molar-refractivity contribution >= 4 is 11.3 Å². The van der Waals surface area contributed by atoms with E-state index in [0.29, 0.717) is 18.9 Å². The molecule has 1 atom stereocenters. The van der Waals surface area contributed by atoms with E-state index in [1.165, 1.54) is 14.4 Å².